The molecule has 4 heteroatoms. The second-order valence-corrected chi connectivity index (χ2v) is 5.26. The van der Waals surface area contributed by atoms with Crippen LogP contribution in [0.25, 0.3) is 0 Å². The lowest BCUT2D eigenvalue weighted by atomic mass is 10.1. The molecule has 0 rings (SSSR count). The number of allylic oxidation sites excluding steroid dienone is 6. The molecule has 0 bridgehead atoms. The van der Waals surface area contributed by atoms with Gasteiger partial charge in [-0.25, -0.2) is 4.89 Å². The third kappa shape index (κ3) is 13.6. The minimum Gasteiger partial charge on any atom is -0.547 e. The molecular formula is C18H29O4-. The number of carbonyl (C=O) groups is 1. The number of rotatable bonds is 14. The van der Waals surface area contributed by atoms with Crippen LogP contribution in [0, 0.1) is 0 Å². The van der Waals surface area contributed by atoms with Crippen molar-refractivity contribution in [3.05, 3.63) is 36.5 Å². The Bertz CT molecular complexity index is 345. The summed E-state index contributed by atoms with van der Waals surface area (Å²) < 4.78 is 0. The van der Waals surface area contributed by atoms with Gasteiger partial charge in [-0.1, -0.05) is 69.1 Å². The molecule has 0 aliphatic rings. The van der Waals surface area contributed by atoms with Gasteiger partial charge in [0.15, 0.2) is 0 Å². The van der Waals surface area contributed by atoms with Gasteiger partial charge in [0.05, 0.1) is 5.97 Å². The van der Waals surface area contributed by atoms with E-state index in [9.17, 15) is 9.90 Å². The SMILES string of the molecule is CCC/C=C\C/C=C/C=C\CCCCCCC(OO)C(=O)[O-]. The minimum absolute atomic E-state index is 0.295. The lowest BCUT2D eigenvalue weighted by molar-refractivity contribution is -0.348. The Morgan fingerprint density at radius 2 is 1.77 bits per heavy atom. The predicted octanol–water partition coefficient (Wildman–Crippen LogP) is 3.79. The molecule has 22 heavy (non-hydrogen) atoms. The molecule has 0 aliphatic carbocycles. The van der Waals surface area contributed by atoms with Gasteiger partial charge >= 0.3 is 0 Å². The van der Waals surface area contributed by atoms with Gasteiger partial charge in [0.1, 0.15) is 6.10 Å². The van der Waals surface area contributed by atoms with E-state index in [-0.39, 0.29) is 0 Å². The van der Waals surface area contributed by atoms with Crippen molar-refractivity contribution >= 4 is 5.97 Å². The van der Waals surface area contributed by atoms with Crippen LogP contribution in [0.3, 0.4) is 0 Å². The van der Waals surface area contributed by atoms with Gasteiger partial charge in [-0.2, -0.15) is 0 Å². The summed E-state index contributed by atoms with van der Waals surface area (Å²) in [5, 5.41) is 18.8. The van der Waals surface area contributed by atoms with Crippen LogP contribution >= 0.6 is 0 Å². The van der Waals surface area contributed by atoms with E-state index in [1.54, 1.807) is 0 Å². The Labute approximate surface area is 134 Å². The Morgan fingerprint density at radius 3 is 2.45 bits per heavy atom. The van der Waals surface area contributed by atoms with Crippen LogP contribution in [0.1, 0.15) is 64.7 Å². The molecule has 0 aromatic heterocycles. The fourth-order valence-electron chi connectivity index (χ4n) is 1.95. The Kier molecular flexibility index (Phi) is 15.0. The van der Waals surface area contributed by atoms with Crippen LogP contribution in [-0.2, 0) is 9.68 Å². The first-order chi connectivity index (χ1) is 10.7. The largest absolute Gasteiger partial charge is 0.547 e. The maximum Gasteiger partial charge on any atom is 0.132 e. The zero-order chi connectivity index (χ0) is 16.5. The maximum absolute atomic E-state index is 10.5. The second-order valence-electron chi connectivity index (χ2n) is 5.26. The third-order valence-corrected chi connectivity index (χ3v) is 3.25. The van der Waals surface area contributed by atoms with Crippen molar-refractivity contribution < 1.29 is 20.0 Å². The van der Waals surface area contributed by atoms with E-state index in [4.69, 9.17) is 5.26 Å². The number of hydrogen-bond donors (Lipinski definition) is 1. The number of unbranched alkanes of at least 4 members (excludes halogenated alkanes) is 5. The normalized spacial score (nSPS) is 13.5. The highest BCUT2D eigenvalue weighted by Gasteiger charge is 2.08. The molecule has 1 unspecified atom stereocenters. The highest BCUT2D eigenvalue weighted by Crippen LogP contribution is 2.09. The molecule has 0 saturated carbocycles. The predicted molar refractivity (Wildman–Crippen MR) is 87.2 cm³/mol. The van der Waals surface area contributed by atoms with E-state index in [1.165, 1.54) is 6.42 Å². The van der Waals surface area contributed by atoms with Gasteiger partial charge in [-0.3, -0.25) is 5.26 Å². The number of carboxylic acid groups (broad SMARTS) is 1. The molecule has 0 aromatic carbocycles. The summed E-state index contributed by atoms with van der Waals surface area (Å²) in [5.41, 5.74) is 0. The van der Waals surface area contributed by atoms with Crippen molar-refractivity contribution in [1.29, 1.82) is 0 Å². The maximum atomic E-state index is 10.5. The van der Waals surface area contributed by atoms with Crippen molar-refractivity contribution in [3.8, 4) is 0 Å². The molecule has 1 atom stereocenters. The van der Waals surface area contributed by atoms with Gasteiger partial charge in [-0.15, -0.1) is 0 Å². The first-order valence-corrected chi connectivity index (χ1v) is 8.20. The molecule has 1 N–H and O–H groups in total. The van der Waals surface area contributed by atoms with Crippen LogP contribution < -0.4 is 5.11 Å². The number of carbonyl (C=O) groups excluding carboxylic acids is 1. The van der Waals surface area contributed by atoms with Crippen molar-refractivity contribution in [3.63, 3.8) is 0 Å². The van der Waals surface area contributed by atoms with E-state index < -0.39 is 12.1 Å². The monoisotopic (exact) mass is 309 g/mol. The molecule has 0 radical (unpaired) electrons. The smallest absolute Gasteiger partial charge is 0.132 e. The fourth-order valence-corrected chi connectivity index (χ4v) is 1.95. The summed E-state index contributed by atoms with van der Waals surface area (Å²) in [4.78, 5) is 14.3. The Morgan fingerprint density at radius 1 is 1.05 bits per heavy atom. The minimum atomic E-state index is -1.36. The van der Waals surface area contributed by atoms with Gasteiger partial charge in [0.25, 0.3) is 0 Å². The summed E-state index contributed by atoms with van der Waals surface area (Å²) >= 11 is 0. The Hall–Kier alpha value is -1.39. The molecule has 0 heterocycles. The van der Waals surface area contributed by atoms with Crippen LogP contribution in [0.15, 0.2) is 36.5 Å². The average Bonchev–Trinajstić information content (AvgIpc) is 2.51. The van der Waals surface area contributed by atoms with E-state index >= 15 is 0 Å². The summed E-state index contributed by atoms with van der Waals surface area (Å²) in [6.07, 6.45) is 20.0. The first-order valence-electron chi connectivity index (χ1n) is 8.20. The van der Waals surface area contributed by atoms with Gasteiger partial charge in [0.2, 0.25) is 0 Å². The summed E-state index contributed by atoms with van der Waals surface area (Å²) in [6.45, 7) is 2.17. The first kappa shape index (κ1) is 20.6. The van der Waals surface area contributed by atoms with Crippen LogP contribution in [0.2, 0.25) is 0 Å². The van der Waals surface area contributed by atoms with E-state index in [0.29, 0.717) is 12.8 Å². The lowest BCUT2D eigenvalue weighted by Crippen LogP contribution is -2.36. The molecule has 0 saturated heterocycles. The van der Waals surface area contributed by atoms with Crippen molar-refractivity contribution in [2.75, 3.05) is 0 Å². The quantitative estimate of drug-likeness (QED) is 0.174. The molecule has 126 valence electrons. The molecule has 0 spiro atoms. The molecule has 4 nitrogen and oxygen atoms in total. The standard InChI is InChI=1S/C18H30O4/c1-2-3-4-5-6-7-8-9-10-11-12-13-14-15-16-17(22-21)18(19)20/h4-5,7-10,17,21H,2-3,6,11-16H2,1H3,(H,19,20)/p-1/b5-4-,8-7+,10-9-. The van der Waals surface area contributed by atoms with Crippen molar-refractivity contribution in [2.24, 2.45) is 0 Å². The van der Waals surface area contributed by atoms with Gasteiger partial charge < -0.3 is 9.90 Å². The summed E-state index contributed by atoms with van der Waals surface area (Å²) in [6, 6.07) is 0. The van der Waals surface area contributed by atoms with Gasteiger partial charge in [0, 0.05) is 0 Å². The van der Waals surface area contributed by atoms with E-state index in [0.717, 1.165) is 38.5 Å². The summed E-state index contributed by atoms with van der Waals surface area (Å²) in [7, 11) is 0. The zero-order valence-electron chi connectivity index (χ0n) is 13.6. The van der Waals surface area contributed by atoms with Crippen LogP contribution in [0.4, 0.5) is 0 Å². The fraction of sp³-hybridized carbons (Fsp3) is 0.611. The highest BCUT2D eigenvalue weighted by atomic mass is 17.1. The lowest BCUT2D eigenvalue weighted by Gasteiger charge is -2.13. The zero-order valence-corrected chi connectivity index (χ0v) is 13.6. The van der Waals surface area contributed by atoms with Gasteiger partial charge in [-0.05, 0) is 32.1 Å². The number of aliphatic carboxylic acids is 1. The summed E-state index contributed by atoms with van der Waals surface area (Å²) in [5.74, 6) is -1.36. The average molecular weight is 309 g/mol. The molecule has 0 aromatic rings. The number of carboxylic acids is 1. The van der Waals surface area contributed by atoms with Crippen LogP contribution in [0.5, 0.6) is 0 Å². The van der Waals surface area contributed by atoms with E-state index in [1.807, 2.05) is 0 Å². The number of hydrogen-bond acceptors (Lipinski definition) is 4. The molecule has 0 fully saturated rings. The van der Waals surface area contributed by atoms with Crippen LogP contribution in [-0.4, -0.2) is 17.3 Å². The van der Waals surface area contributed by atoms with E-state index in [2.05, 4.69) is 48.3 Å². The molecular weight excluding hydrogens is 280 g/mol. The van der Waals surface area contributed by atoms with Crippen molar-refractivity contribution in [2.45, 2.75) is 70.8 Å². The molecule has 0 aliphatic heterocycles. The third-order valence-electron chi connectivity index (χ3n) is 3.25. The molecule has 0 amide bonds. The van der Waals surface area contributed by atoms with Crippen molar-refractivity contribution in [1.82, 2.24) is 0 Å². The second kappa shape index (κ2) is 16.0. The topological polar surface area (TPSA) is 69.6 Å². The highest BCUT2D eigenvalue weighted by molar-refractivity contribution is 5.69. The Balaban J connectivity index is 3.44.